The van der Waals surface area contributed by atoms with Crippen molar-refractivity contribution in [1.29, 1.82) is 0 Å². The third-order valence-electron chi connectivity index (χ3n) is 6.45. The molecule has 2 N–H and O–H groups in total. The number of ether oxygens (including phenoxy) is 1. The first-order valence-corrected chi connectivity index (χ1v) is 14.6. The van der Waals surface area contributed by atoms with E-state index in [2.05, 4.69) is 4.98 Å². The first kappa shape index (κ1) is 27.4. The van der Waals surface area contributed by atoms with Crippen LogP contribution in [0.4, 0.5) is 0 Å². The maximum Gasteiger partial charge on any atom is 0.365 e. The van der Waals surface area contributed by atoms with Gasteiger partial charge in [0.1, 0.15) is 14.9 Å². The van der Waals surface area contributed by atoms with E-state index < -0.39 is 16.8 Å². The lowest BCUT2D eigenvalue weighted by molar-refractivity contribution is 0.123. The van der Waals surface area contributed by atoms with E-state index in [1.165, 1.54) is 27.2 Å². The average molecular weight is 581 g/mol. The molecule has 4 aromatic heterocycles. The van der Waals surface area contributed by atoms with E-state index in [0.29, 0.717) is 38.3 Å². The van der Waals surface area contributed by atoms with E-state index in [9.17, 15) is 24.8 Å². The third kappa shape index (κ3) is 4.84. The van der Waals surface area contributed by atoms with Crippen LogP contribution in [0.1, 0.15) is 39.5 Å². The smallest absolute Gasteiger partial charge is 0.365 e. The van der Waals surface area contributed by atoms with Gasteiger partial charge in [-0.05, 0) is 25.0 Å². The fraction of sp³-hybridized carbons (Fsp3) is 0.286. The van der Waals surface area contributed by atoms with Crippen molar-refractivity contribution < 1.29 is 15.2 Å². The summed E-state index contributed by atoms with van der Waals surface area (Å²) >= 11 is 2.63. The highest BCUT2D eigenvalue weighted by Gasteiger charge is 2.18. The molecule has 2 aromatic carbocycles. The molecule has 40 heavy (non-hydrogen) atoms. The van der Waals surface area contributed by atoms with Crippen LogP contribution in [0.2, 0.25) is 0 Å². The molecule has 0 unspecified atom stereocenters. The largest absolute Gasteiger partial charge is 0.463 e. The molecule has 0 fully saturated rings. The van der Waals surface area contributed by atoms with Crippen LogP contribution in [0.15, 0.2) is 62.9 Å². The standard InChI is InChI=1S/2C14H14N2O3S/c1-2-3-8-19-14-15-11-9-6-4-5-7-10(9)20-12(11)13(17)16(14)18;1-2-3-8-15-11-9-6-4-5-7-10(9)20-12(11)13(17)16(19)14(15)18/h4-7,18H,2-3,8H2,1H3;4-7,19H,2-3,8H2,1H3. The van der Waals surface area contributed by atoms with Gasteiger partial charge in [-0.3, -0.25) is 14.2 Å². The minimum atomic E-state index is -0.667. The van der Waals surface area contributed by atoms with Crippen molar-refractivity contribution in [1.82, 2.24) is 19.0 Å². The minimum Gasteiger partial charge on any atom is -0.463 e. The van der Waals surface area contributed by atoms with Crippen molar-refractivity contribution in [3.05, 3.63) is 79.7 Å². The van der Waals surface area contributed by atoms with Gasteiger partial charge in [-0.25, -0.2) is 4.79 Å². The number of aromatic nitrogens is 4. The number of fused-ring (bicyclic) bond motifs is 6. The Bertz CT molecular complexity index is 2020. The summed E-state index contributed by atoms with van der Waals surface area (Å²) in [6.07, 6.45) is 3.57. The van der Waals surface area contributed by atoms with Gasteiger partial charge in [0, 0.05) is 26.7 Å². The lowest BCUT2D eigenvalue weighted by Crippen LogP contribution is -2.38. The molecule has 0 spiro atoms. The van der Waals surface area contributed by atoms with Gasteiger partial charge in [-0.2, -0.15) is 4.98 Å². The molecule has 0 bridgehead atoms. The molecular weight excluding hydrogens is 552 g/mol. The van der Waals surface area contributed by atoms with Crippen LogP contribution in [0.5, 0.6) is 6.01 Å². The first-order chi connectivity index (χ1) is 19.4. The fourth-order valence-electron chi connectivity index (χ4n) is 4.38. The predicted molar refractivity (Wildman–Crippen MR) is 159 cm³/mol. The van der Waals surface area contributed by atoms with E-state index in [1.807, 2.05) is 62.4 Å². The van der Waals surface area contributed by atoms with Gasteiger partial charge in [0.15, 0.2) is 0 Å². The summed E-state index contributed by atoms with van der Waals surface area (Å²) in [6, 6.07) is 15.2. The van der Waals surface area contributed by atoms with E-state index in [-0.39, 0.29) is 10.7 Å². The highest BCUT2D eigenvalue weighted by atomic mass is 32.1. The minimum absolute atomic E-state index is 0.0421. The first-order valence-electron chi connectivity index (χ1n) is 13.0. The maximum absolute atomic E-state index is 12.2. The van der Waals surface area contributed by atoms with Gasteiger partial charge in [-0.15, -0.1) is 22.7 Å². The molecule has 0 aliphatic carbocycles. The normalized spacial score (nSPS) is 11.3. The Kier molecular flexibility index (Phi) is 7.90. The summed E-state index contributed by atoms with van der Waals surface area (Å²) in [7, 11) is 0. The number of hydrogen-bond donors (Lipinski definition) is 2. The maximum atomic E-state index is 12.2. The van der Waals surface area contributed by atoms with Gasteiger partial charge in [0.2, 0.25) is 0 Å². The highest BCUT2D eigenvalue weighted by Crippen LogP contribution is 2.32. The van der Waals surface area contributed by atoms with E-state index in [4.69, 9.17) is 4.74 Å². The number of nitrogens with zero attached hydrogens (tertiary/aromatic N) is 4. The molecule has 0 saturated carbocycles. The van der Waals surface area contributed by atoms with Crippen LogP contribution < -0.4 is 21.5 Å². The van der Waals surface area contributed by atoms with Crippen LogP contribution in [0.25, 0.3) is 40.6 Å². The summed E-state index contributed by atoms with van der Waals surface area (Å²) in [4.78, 5) is 40.6. The molecule has 0 aliphatic heterocycles. The second kappa shape index (κ2) is 11.5. The Balaban J connectivity index is 0.000000161. The Labute approximate surface area is 235 Å². The van der Waals surface area contributed by atoms with Crippen LogP contribution in [-0.2, 0) is 6.54 Å². The molecule has 0 saturated heterocycles. The number of aryl methyl sites for hydroxylation is 1. The lowest BCUT2D eigenvalue weighted by Gasteiger charge is -2.08. The van der Waals surface area contributed by atoms with Crippen molar-refractivity contribution in [2.45, 2.75) is 46.1 Å². The molecule has 208 valence electrons. The monoisotopic (exact) mass is 580 g/mol. The molecule has 12 heteroatoms. The van der Waals surface area contributed by atoms with Crippen molar-refractivity contribution in [2.24, 2.45) is 0 Å². The molecule has 0 amide bonds. The Morgan fingerprint density at radius 3 is 2.10 bits per heavy atom. The van der Waals surface area contributed by atoms with Crippen molar-refractivity contribution in [3.8, 4) is 6.01 Å². The molecule has 0 aliphatic rings. The highest BCUT2D eigenvalue weighted by molar-refractivity contribution is 7.26. The summed E-state index contributed by atoms with van der Waals surface area (Å²) in [5.74, 6) is 0. The van der Waals surface area contributed by atoms with Gasteiger partial charge in [0.05, 0.1) is 12.1 Å². The van der Waals surface area contributed by atoms with Gasteiger partial charge in [0.25, 0.3) is 0 Å². The Hall–Kier alpha value is -4.16. The summed E-state index contributed by atoms with van der Waals surface area (Å²) < 4.78 is 10.4. The summed E-state index contributed by atoms with van der Waals surface area (Å²) in [6.45, 7) is 4.99. The quantitative estimate of drug-likeness (QED) is 0.190. The molecule has 0 radical (unpaired) electrons. The Morgan fingerprint density at radius 1 is 0.800 bits per heavy atom. The molecule has 6 rings (SSSR count). The molecule has 4 heterocycles. The second-order valence-corrected chi connectivity index (χ2v) is 11.3. The van der Waals surface area contributed by atoms with Crippen LogP contribution >= 0.6 is 22.7 Å². The molecular formula is C28H28N4O6S2. The van der Waals surface area contributed by atoms with Crippen LogP contribution in [0, 0.1) is 0 Å². The second-order valence-electron chi connectivity index (χ2n) is 9.17. The zero-order valence-electron chi connectivity index (χ0n) is 22.0. The number of thiophene rings is 2. The van der Waals surface area contributed by atoms with E-state index >= 15 is 0 Å². The number of unbranched alkanes of at least 4 members (excludes halogenated alkanes) is 2. The van der Waals surface area contributed by atoms with Crippen molar-refractivity contribution >= 4 is 63.3 Å². The Morgan fingerprint density at radius 2 is 1.40 bits per heavy atom. The van der Waals surface area contributed by atoms with Crippen molar-refractivity contribution in [2.75, 3.05) is 6.61 Å². The average Bonchev–Trinajstić information content (AvgIpc) is 3.54. The summed E-state index contributed by atoms with van der Waals surface area (Å²) in [5, 5.41) is 21.3. The fourth-order valence-corrected chi connectivity index (χ4v) is 6.58. The van der Waals surface area contributed by atoms with E-state index in [1.54, 1.807) is 0 Å². The van der Waals surface area contributed by atoms with Gasteiger partial charge >= 0.3 is 22.8 Å². The zero-order valence-corrected chi connectivity index (χ0v) is 23.6. The third-order valence-corrected chi connectivity index (χ3v) is 8.74. The number of benzene rings is 2. The zero-order chi connectivity index (χ0) is 28.4. The summed E-state index contributed by atoms with van der Waals surface area (Å²) in [5.41, 5.74) is -0.562. The topological polar surface area (TPSA) is 129 Å². The molecule has 0 atom stereocenters. The SMILES string of the molecule is CCCCOc1nc2c(sc3ccccc32)c(=O)n1O.CCCCn1c(=O)n(O)c(=O)c2sc3ccccc3c21. The lowest BCUT2D eigenvalue weighted by atomic mass is 10.2. The number of rotatable bonds is 7. The van der Waals surface area contributed by atoms with Crippen LogP contribution in [0.3, 0.4) is 0 Å². The number of hydrogen-bond acceptors (Lipinski definition) is 9. The van der Waals surface area contributed by atoms with E-state index in [0.717, 1.165) is 45.9 Å². The van der Waals surface area contributed by atoms with Crippen LogP contribution in [-0.4, -0.2) is 36.0 Å². The van der Waals surface area contributed by atoms with Gasteiger partial charge < -0.3 is 15.2 Å². The van der Waals surface area contributed by atoms with Gasteiger partial charge in [-0.1, -0.05) is 72.5 Å². The molecule has 6 aromatic rings. The van der Waals surface area contributed by atoms with Crippen molar-refractivity contribution in [3.63, 3.8) is 0 Å². The molecule has 10 nitrogen and oxygen atoms in total. The predicted octanol–water partition coefficient (Wildman–Crippen LogP) is 5.44.